The second kappa shape index (κ2) is 5.81. The Bertz CT molecular complexity index is 383. The summed E-state index contributed by atoms with van der Waals surface area (Å²) < 4.78 is 5.30. The van der Waals surface area contributed by atoms with Crippen LogP contribution >= 0.6 is 15.9 Å². The number of rotatable bonds is 5. The van der Waals surface area contributed by atoms with Crippen LogP contribution in [0.4, 0.5) is 5.69 Å². The summed E-state index contributed by atoms with van der Waals surface area (Å²) in [5, 5.41) is 20.2. The number of aliphatic hydroxyl groups is 1. The van der Waals surface area contributed by atoms with Crippen LogP contribution in [-0.2, 0) is 0 Å². The van der Waals surface area contributed by atoms with E-state index < -0.39 is 11.0 Å². The van der Waals surface area contributed by atoms with E-state index in [2.05, 4.69) is 15.9 Å². The summed E-state index contributed by atoms with van der Waals surface area (Å²) in [5.74, 6) is 0.425. The third-order valence-corrected chi connectivity index (χ3v) is 2.74. The summed E-state index contributed by atoms with van der Waals surface area (Å²) in [6, 6.07) is 4.40. The van der Waals surface area contributed by atoms with Crippen molar-refractivity contribution in [3.8, 4) is 5.75 Å². The second-order valence-corrected chi connectivity index (χ2v) is 3.97. The van der Waals surface area contributed by atoms with Gasteiger partial charge in [-0.2, -0.15) is 0 Å². The topological polar surface area (TPSA) is 72.6 Å². The highest BCUT2D eigenvalue weighted by atomic mass is 79.9. The number of nitro benzene ring substituents is 1. The highest BCUT2D eigenvalue weighted by Crippen LogP contribution is 2.24. The van der Waals surface area contributed by atoms with Crippen LogP contribution in [0.2, 0.25) is 0 Å². The molecule has 0 radical (unpaired) electrons. The number of hydrogen-bond acceptors (Lipinski definition) is 4. The highest BCUT2D eigenvalue weighted by Gasteiger charge is 2.10. The monoisotopic (exact) mass is 289 g/mol. The van der Waals surface area contributed by atoms with Gasteiger partial charge in [0.2, 0.25) is 0 Å². The third kappa shape index (κ3) is 3.46. The van der Waals surface area contributed by atoms with Gasteiger partial charge in [0.25, 0.3) is 5.69 Å². The maximum Gasteiger partial charge on any atom is 0.273 e. The van der Waals surface area contributed by atoms with Crippen LogP contribution in [0.25, 0.3) is 0 Å². The number of aliphatic hydroxyl groups excluding tert-OH is 1. The zero-order valence-corrected chi connectivity index (χ0v) is 10.3. The Hall–Kier alpha value is -1.14. The zero-order valence-electron chi connectivity index (χ0n) is 8.72. The Labute approximate surface area is 101 Å². The summed E-state index contributed by atoms with van der Waals surface area (Å²) >= 11 is 3.11. The van der Waals surface area contributed by atoms with Crippen LogP contribution < -0.4 is 4.74 Å². The lowest BCUT2D eigenvalue weighted by molar-refractivity contribution is -0.385. The van der Waals surface area contributed by atoms with Gasteiger partial charge in [-0.1, -0.05) is 15.9 Å². The van der Waals surface area contributed by atoms with E-state index in [0.29, 0.717) is 11.1 Å². The van der Waals surface area contributed by atoms with Crippen LogP contribution in [0.5, 0.6) is 5.75 Å². The van der Waals surface area contributed by atoms with Gasteiger partial charge in [0.05, 0.1) is 17.1 Å². The molecule has 0 saturated heterocycles. The van der Waals surface area contributed by atoms with Gasteiger partial charge in [-0.15, -0.1) is 0 Å². The van der Waals surface area contributed by atoms with Gasteiger partial charge in [0.1, 0.15) is 12.4 Å². The summed E-state index contributed by atoms with van der Waals surface area (Å²) in [5.41, 5.74) is 0.779. The first-order chi connectivity index (χ1) is 7.54. The number of benzene rings is 1. The number of nitro groups is 1. The molecular weight excluding hydrogens is 278 g/mol. The average Bonchev–Trinajstić information content (AvgIpc) is 2.27. The Morgan fingerprint density at radius 3 is 2.88 bits per heavy atom. The van der Waals surface area contributed by atoms with Gasteiger partial charge in [0.15, 0.2) is 0 Å². The molecule has 0 aliphatic carbocycles. The van der Waals surface area contributed by atoms with Crippen molar-refractivity contribution < 1.29 is 14.8 Å². The minimum Gasteiger partial charge on any atom is -0.490 e. The largest absolute Gasteiger partial charge is 0.490 e. The van der Waals surface area contributed by atoms with Gasteiger partial charge < -0.3 is 9.84 Å². The van der Waals surface area contributed by atoms with Crippen molar-refractivity contribution in [1.82, 2.24) is 0 Å². The molecule has 1 N–H and O–H groups in total. The van der Waals surface area contributed by atoms with E-state index >= 15 is 0 Å². The van der Waals surface area contributed by atoms with Crippen molar-refractivity contribution in [2.45, 2.75) is 13.0 Å². The fraction of sp³-hybridized carbons (Fsp3) is 0.400. The number of alkyl halides is 1. The van der Waals surface area contributed by atoms with E-state index in [4.69, 9.17) is 4.74 Å². The normalized spacial score (nSPS) is 12.2. The maximum atomic E-state index is 10.6. The third-order valence-electron chi connectivity index (χ3n) is 1.99. The number of nitrogens with zero attached hydrogens (tertiary/aromatic N) is 1. The molecule has 0 aromatic heterocycles. The second-order valence-electron chi connectivity index (χ2n) is 3.33. The molecule has 88 valence electrons. The molecule has 1 aromatic carbocycles. The van der Waals surface area contributed by atoms with Gasteiger partial charge >= 0.3 is 0 Å². The first-order valence-electron chi connectivity index (χ1n) is 4.66. The molecule has 1 aromatic rings. The SMILES string of the molecule is Cc1ccc([N+](=O)[O-])cc1OCC(O)CBr. The van der Waals surface area contributed by atoms with E-state index in [-0.39, 0.29) is 12.3 Å². The molecule has 0 spiro atoms. The zero-order chi connectivity index (χ0) is 12.1. The number of ether oxygens (including phenoxy) is 1. The predicted molar refractivity (Wildman–Crippen MR) is 63.1 cm³/mol. The van der Waals surface area contributed by atoms with Gasteiger partial charge in [-0.05, 0) is 18.6 Å². The van der Waals surface area contributed by atoms with Crippen molar-refractivity contribution in [2.75, 3.05) is 11.9 Å². The summed E-state index contributed by atoms with van der Waals surface area (Å²) in [6.07, 6.45) is -0.626. The molecule has 1 unspecified atom stereocenters. The molecule has 0 amide bonds. The molecular formula is C10H12BrNO4. The van der Waals surface area contributed by atoms with Crippen LogP contribution in [0.15, 0.2) is 18.2 Å². The standard InChI is InChI=1S/C10H12BrNO4/c1-7-2-3-8(12(14)15)4-10(7)16-6-9(13)5-11/h2-4,9,13H,5-6H2,1H3. The lowest BCUT2D eigenvalue weighted by atomic mass is 10.2. The summed E-state index contributed by atoms with van der Waals surface area (Å²) in [4.78, 5) is 10.1. The molecule has 6 heteroatoms. The molecule has 1 atom stereocenters. The van der Waals surface area contributed by atoms with Crippen LogP contribution in [0, 0.1) is 17.0 Å². The van der Waals surface area contributed by atoms with Crippen LogP contribution in [0.3, 0.4) is 0 Å². The van der Waals surface area contributed by atoms with Crippen molar-refractivity contribution in [1.29, 1.82) is 0 Å². The predicted octanol–water partition coefficient (Wildman–Crippen LogP) is 2.04. The summed E-state index contributed by atoms with van der Waals surface area (Å²) in [7, 11) is 0. The molecule has 0 bridgehead atoms. The number of hydrogen-bond donors (Lipinski definition) is 1. The smallest absolute Gasteiger partial charge is 0.273 e. The molecule has 5 nitrogen and oxygen atoms in total. The van der Waals surface area contributed by atoms with Gasteiger partial charge in [-0.3, -0.25) is 10.1 Å². The lowest BCUT2D eigenvalue weighted by Crippen LogP contribution is -2.18. The summed E-state index contributed by atoms with van der Waals surface area (Å²) in [6.45, 7) is 1.90. The quantitative estimate of drug-likeness (QED) is 0.511. The number of halogens is 1. The molecule has 0 aliphatic rings. The van der Waals surface area contributed by atoms with Crippen molar-refractivity contribution in [3.63, 3.8) is 0 Å². The van der Waals surface area contributed by atoms with Gasteiger partial charge in [0, 0.05) is 11.4 Å². The number of aryl methyl sites for hydroxylation is 1. The van der Waals surface area contributed by atoms with Gasteiger partial charge in [-0.25, -0.2) is 0 Å². The number of non-ortho nitro benzene ring substituents is 1. The van der Waals surface area contributed by atoms with Crippen LogP contribution in [0.1, 0.15) is 5.56 Å². The first kappa shape index (κ1) is 12.9. The lowest BCUT2D eigenvalue weighted by Gasteiger charge is -2.11. The molecule has 0 fully saturated rings. The van der Waals surface area contributed by atoms with E-state index in [1.807, 2.05) is 0 Å². The van der Waals surface area contributed by atoms with Crippen molar-refractivity contribution >= 4 is 21.6 Å². The van der Waals surface area contributed by atoms with E-state index in [9.17, 15) is 15.2 Å². The Morgan fingerprint density at radius 1 is 1.62 bits per heavy atom. The van der Waals surface area contributed by atoms with E-state index in [1.54, 1.807) is 13.0 Å². The molecule has 0 saturated carbocycles. The fourth-order valence-electron chi connectivity index (χ4n) is 1.09. The minimum absolute atomic E-state index is 0.0195. The van der Waals surface area contributed by atoms with Crippen molar-refractivity contribution in [2.24, 2.45) is 0 Å². The molecule has 0 heterocycles. The first-order valence-corrected chi connectivity index (χ1v) is 5.78. The Morgan fingerprint density at radius 2 is 2.31 bits per heavy atom. The Kier molecular flexibility index (Phi) is 4.70. The molecule has 0 aliphatic heterocycles. The average molecular weight is 290 g/mol. The minimum atomic E-state index is -0.626. The van der Waals surface area contributed by atoms with Crippen molar-refractivity contribution in [3.05, 3.63) is 33.9 Å². The molecule has 1 rings (SSSR count). The van der Waals surface area contributed by atoms with E-state index in [1.165, 1.54) is 12.1 Å². The fourth-order valence-corrected chi connectivity index (χ4v) is 1.28. The highest BCUT2D eigenvalue weighted by molar-refractivity contribution is 9.09. The van der Waals surface area contributed by atoms with E-state index in [0.717, 1.165) is 5.56 Å². The maximum absolute atomic E-state index is 10.6. The Balaban J connectivity index is 2.78. The van der Waals surface area contributed by atoms with Crippen LogP contribution in [-0.4, -0.2) is 28.1 Å². The molecule has 16 heavy (non-hydrogen) atoms.